The van der Waals surface area contributed by atoms with E-state index in [2.05, 4.69) is 12.1 Å². The summed E-state index contributed by atoms with van der Waals surface area (Å²) in [6.45, 7) is 1.34. The smallest absolute Gasteiger partial charge is 0.237 e. The number of fused-ring (bicyclic) bond motifs is 1. The van der Waals surface area contributed by atoms with Crippen molar-refractivity contribution in [3.63, 3.8) is 0 Å². The minimum atomic E-state index is -0.104. The molecule has 1 saturated heterocycles. The van der Waals surface area contributed by atoms with Crippen LogP contribution in [0.3, 0.4) is 0 Å². The number of amides is 1. The minimum Gasteiger partial charge on any atom is -0.596 e. The predicted octanol–water partition coefficient (Wildman–Crippen LogP) is 2.64. The molecule has 2 atom stereocenters. The topological polar surface area (TPSA) is 52.9 Å². The van der Waals surface area contributed by atoms with Gasteiger partial charge in [-0.1, -0.05) is 65.5 Å². The Morgan fingerprint density at radius 3 is 2.40 bits per heavy atom. The average molecular weight is 405 g/mol. The molecule has 4 rings (SSSR count). The predicted molar refractivity (Wildman–Crippen MR) is 119 cm³/mol. The number of likely N-dealkylation sites (tertiary alicyclic amines) is 1. The Morgan fingerprint density at radius 1 is 1.13 bits per heavy atom. The Labute approximate surface area is 177 Å². The van der Waals surface area contributed by atoms with Gasteiger partial charge >= 0.3 is 0 Å². The van der Waals surface area contributed by atoms with Crippen molar-refractivity contribution >= 4 is 17.7 Å². The standard InChI is InChI=1S/C24H28N4O2/c1-25(2)17-22(29)27-15-20(14-18-10-6-4-7-11-18)24-21(16-27)23(26(3)28(24)30)19-12-8-5-9-13-19/h4-14,21,23H,15-17H2,1-3H3/b20-14+. The van der Waals surface area contributed by atoms with Crippen LogP contribution >= 0.6 is 0 Å². The highest BCUT2D eigenvalue weighted by molar-refractivity contribution is 6.05. The molecule has 0 aliphatic carbocycles. The van der Waals surface area contributed by atoms with E-state index >= 15 is 0 Å². The maximum absolute atomic E-state index is 13.2. The molecule has 1 fully saturated rings. The normalized spacial score (nSPS) is 22.7. The van der Waals surface area contributed by atoms with Crippen molar-refractivity contribution in [2.45, 2.75) is 6.04 Å². The van der Waals surface area contributed by atoms with Gasteiger partial charge in [-0.25, -0.2) is 0 Å². The molecule has 2 aromatic carbocycles. The van der Waals surface area contributed by atoms with Crippen LogP contribution in [0.1, 0.15) is 17.2 Å². The SMILES string of the molecule is CN(C)CC(=O)N1C/C(=C\c2ccccc2)C2=[N+]([O-])N(C)C(c3ccccc3)C2C1. The molecule has 0 bridgehead atoms. The molecule has 0 spiro atoms. The Kier molecular flexibility index (Phi) is 5.59. The van der Waals surface area contributed by atoms with Crippen LogP contribution in [-0.4, -0.2) is 72.1 Å². The van der Waals surface area contributed by atoms with Crippen LogP contribution in [0.25, 0.3) is 6.08 Å². The van der Waals surface area contributed by atoms with Gasteiger partial charge in [0.05, 0.1) is 26.1 Å². The Bertz CT molecular complexity index is 969. The zero-order valence-electron chi connectivity index (χ0n) is 17.7. The molecule has 2 heterocycles. The fraction of sp³-hybridized carbons (Fsp3) is 0.333. The fourth-order valence-electron chi connectivity index (χ4n) is 4.50. The van der Waals surface area contributed by atoms with Gasteiger partial charge in [0.1, 0.15) is 6.04 Å². The van der Waals surface area contributed by atoms with Crippen molar-refractivity contribution < 1.29 is 9.64 Å². The van der Waals surface area contributed by atoms with Crippen LogP contribution in [0.5, 0.6) is 0 Å². The molecule has 156 valence electrons. The average Bonchev–Trinajstić information content (AvgIpc) is 2.99. The fourth-order valence-corrected chi connectivity index (χ4v) is 4.50. The first-order valence-corrected chi connectivity index (χ1v) is 10.3. The van der Waals surface area contributed by atoms with Crippen molar-refractivity contribution in [3.8, 4) is 0 Å². The number of piperidine rings is 1. The maximum Gasteiger partial charge on any atom is 0.237 e. The summed E-state index contributed by atoms with van der Waals surface area (Å²) < 4.78 is 0. The van der Waals surface area contributed by atoms with E-state index in [1.807, 2.05) is 85.5 Å². The van der Waals surface area contributed by atoms with E-state index in [0.717, 1.165) is 27.3 Å². The van der Waals surface area contributed by atoms with E-state index in [1.54, 1.807) is 5.01 Å². The monoisotopic (exact) mass is 404 g/mol. The van der Waals surface area contributed by atoms with Crippen LogP contribution in [0.15, 0.2) is 66.2 Å². The summed E-state index contributed by atoms with van der Waals surface area (Å²) in [6, 6.07) is 19.9. The highest BCUT2D eigenvalue weighted by Crippen LogP contribution is 2.39. The van der Waals surface area contributed by atoms with E-state index in [1.165, 1.54) is 0 Å². The first-order chi connectivity index (χ1) is 14.5. The van der Waals surface area contributed by atoms with E-state index in [-0.39, 0.29) is 17.9 Å². The minimum absolute atomic E-state index is 0.0790. The molecule has 2 unspecified atom stereocenters. The molecule has 6 heteroatoms. The lowest BCUT2D eigenvalue weighted by Crippen LogP contribution is -2.49. The summed E-state index contributed by atoms with van der Waals surface area (Å²) in [7, 11) is 5.63. The molecule has 2 aromatic rings. The van der Waals surface area contributed by atoms with Crippen LogP contribution < -0.4 is 0 Å². The summed E-state index contributed by atoms with van der Waals surface area (Å²) in [5, 5.41) is 15.0. The molecule has 2 aliphatic heterocycles. The number of nitrogens with zero attached hydrogens (tertiary/aromatic N) is 4. The molecule has 0 N–H and O–H groups in total. The summed E-state index contributed by atoms with van der Waals surface area (Å²) in [5.74, 6) is 0.00144. The second-order valence-corrected chi connectivity index (χ2v) is 8.29. The third kappa shape index (κ3) is 3.83. The van der Waals surface area contributed by atoms with Crippen molar-refractivity contribution in [1.29, 1.82) is 0 Å². The number of benzene rings is 2. The van der Waals surface area contributed by atoms with Crippen LogP contribution in [0, 0.1) is 11.1 Å². The quantitative estimate of drug-likeness (QED) is 0.581. The number of hydrogen-bond donors (Lipinski definition) is 0. The number of hydrazine groups is 1. The number of rotatable bonds is 4. The summed E-state index contributed by atoms with van der Waals surface area (Å²) in [4.78, 5) is 17.8. The second-order valence-electron chi connectivity index (χ2n) is 8.29. The second kappa shape index (κ2) is 8.32. The first kappa shape index (κ1) is 20.2. The van der Waals surface area contributed by atoms with Gasteiger partial charge < -0.3 is 15.0 Å². The third-order valence-electron chi connectivity index (χ3n) is 5.82. The largest absolute Gasteiger partial charge is 0.596 e. The lowest BCUT2D eigenvalue weighted by Gasteiger charge is -2.33. The lowest BCUT2D eigenvalue weighted by molar-refractivity contribution is -0.629. The number of carbonyl (C=O) groups is 1. The zero-order chi connectivity index (χ0) is 21.3. The van der Waals surface area contributed by atoms with Gasteiger partial charge in [0, 0.05) is 12.1 Å². The van der Waals surface area contributed by atoms with Gasteiger partial charge in [-0.2, -0.15) is 5.01 Å². The number of hydrogen-bond acceptors (Lipinski definition) is 4. The van der Waals surface area contributed by atoms with Gasteiger partial charge in [0.15, 0.2) is 0 Å². The van der Waals surface area contributed by atoms with Gasteiger partial charge in [0.2, 0.25) is 11.6 Å². The Hall–Kier alpha value is -3.12. The molecular weight excluding hydrogens is 376 g/mol. The molecule has 1 amide bonds. The van der Waals surface area contributed by atoms with Gasteiger partial charge in [-0.15, -0.1) is 0 Å². The molecule has 2 aliphatic rings. The molecule has 0 aromatic heterocycles. The number of carbonyl (C=O) groups excluding carboxylic acids is 1. The molecular formula is C24H28N4O2. The van der Waals surface area contributed by atoms with Crippen molar-refractivity contribution in [1.82, 2.24) is 14.8 Å². The van der Waals surface area contributed by atoms with E-state index in [4.69, 9.17) is 0 Å². The van der Waals surface area contributed by atoms with E-state index in [9.17, 15) is 10.0 Å². The van der Waals surface area contributed by atoms with E-state index < -0.39 is 0 Å². The highest BCUT2D eigenvalue weighted by atomic mass is 16.5. The summed E-state index contributed by atoms with van der Waals surface area (Å²) in [6.07, 6.45) is 2.05. The third-order valence-corrected chi connectivity index (χ3v) is 5.82. The molecule has 0 saturated carbocycles. The molecule has 0 radical (unpaired) electrons. The Balaban J connectivity index is 1.76. The Morgan fingerprint density at radius 2 is 1.77 bits per heavy atom. The molecule has 30 heavy (non-hydrogen) atoms. The number of hydrazone groups is 1. The van der Waals surface area contributed by atoms with Gasteiger partial charge in [-0.3, -0.25) is 4.79 Å². The van der Waals surface area contributed by atoms with Gasteiger partial charge in [-0.05, 0) is 31.3 Å². The van der Waals surface area contributed by atoms with Crippen LogP contribution in [-0.2, 0) is 4.79 Å². The number of likely N-dealkylation sites (N-methyl/N-ethyl adjacent to an activating group) is 1. The van der Waals surface area contributed by atoms with Crippen LogP contribution in [0.2, 0.25) is 0 Å². The highest BCUT2D eigenvalue weighted by Gasteiger charge is 2.50. The molecule has 6 nitrogen and oxygen atoms in total. The summed E-state index contributed by atoms with van der Waals surface area (Å²) >= 11 is 0. The summed E-state index contributed by atoms with van der Waals surface area (Å²) in [5.41, 5.74) is 3.79. The van der Waals surface area contributed by atoms with Crippen molar-refractivity contribution in [2.24, 2.45) is 5.92 Å². The maximum atomic E-state index is 13.2. The van der Waals surface area contributed by atoms with Crippen molar-refractivity contribution in [3.05, 3.63) is 82.6 Å². The lowest BCUT2D eigenvalue weighted by atomic mass is 9.83. The first-order valence-electron chi connectivity index (χ1n) is 10.3. The van der Waals surface area contributed by atoms with E-state index in [0.29, 0.717) is 19.6 Å². The van der Waals surface area contributed by atoms with Crippen LogP contribution in [0.4, 0.5) is 0 Å². The van der Waals surface area contributed by atoms with Gasteiger partial charge in [0.25, 0.3) is 0 Å². The van der Waals surface area contributed by atoms with Crippen molar-refractivity contribution in [2.75, 3.05) is 40.8 Å². The zero-order valence-corrected chi connectivity index (χ0v) is 17.7.